The van der Waals surface area contributed by atoms with Gasteiger partial charge >= 0.3 is 0 Å². The molecule has 1 heterocycles. The van der Waals surface area contributed by atoms with Gasteiger partial charge in [-0.05, 0) is 30.7 Å². The number of oxime groups is 1. The molecule has 1 fully saturated rings. The van der Waals surface area contributed by atoms with Gasteiger partial charge < -0.3 is 15.8 Å². The average molecular weight is 397 g/mol. The summed E-state index contributed by atoms with van der Waals surface area (Å²) >= 11 is 6.46. The molecular formula is C18H22ClFN4O3. The van der Waals surface area contributed by atoms with Gasteiger partial charge in [0, 0.05) is 19.5 Å². The molecule has 7 nitrogen and oxygen atoms in total. The van der Waals surface area contributed by atoms with Crippen LogP contribution >= 0.6 is 11.6 Å². The topological polar surface area (TPSA) is 99.2 Å². The van der Waals surface area contributed by atoms with Crippen molar-refractivity contribution in [2.75, 3.05) is 13.1 Å². The minimum absolute atomic E-state index is 0.0433. The molecule has 1 aliphatic rings. The number of hydrogen-bond acceptors (Lipinski definition) is 5. The lowest BCUT2D eigenvalue weighted by Crippen LogP contribution is -2.60. The van der Waals surface area contributed by atoms with Gasteiger partial charge in [-0.3, -0.25) is 14.5 Å². The van der Waals surface area contributed by atoms with E-state index >= 15 is 0 Å². The zero-order chi connectivity index (χ0) is 20.0. The predicted octanol–water partition coefficient (Wildman–Crippen LogP) is 1.69. The monoisotopic (exact) mass is 396 g/mol. The molecule has 2 rings (SSSR count). The molecule has 1 aliphatic heterocycles. The Bertz CT molecular complexity index is 739. The molecule has 0 radical (unpaired) electrons. The first kappa shape index (κ1) is 20.9. The van der Waals surface area contributed by atoms with E-state index in [0.717, 1.165) is 5.56 Å². The third kappa shape index (κ3) is 5.77. The summed E-state index contributed by atoms with van der Waals surface area (Å²) in [5.74, 6) is -1.21. The molecule has 146 valence electrons. The van der Waals surface area contributed by atoms with Crippen LogP contribution in [0.5, 0.6) is 0 Å². The van der Waals surface area contributed by atoms with E-state index in [2.05, 4.69) is 5.16 Å². The Labute approximate surface area is 161 Å². The molecule has 1 saturated heterocycles. The Morgan fingerprint density at radius 2 is 2.04 bits per heavy atom. The quantitative estimate of drug-likeness (QED) is 0.191. The van der Waals surface area contributed by atoms with E-state index in [1.165, 1.54) is 29.2 Å². The number of amides is 2. The third-order valence-corrected chi connectivity index (χ3v) is 4.74. The van der Waals surface area contributed by atoms with Gasteiger partial charge in [0.05, 0.1) is 18.3 Å². The first-order chi connectivity index (χ1) is 12.8. The van der Waals surface area contributed by atoms with E-state index < -0.39 is 17.5 Å². The molecule has 27 heavy (non-hydrogen) atoms. The summed E-state index contributed by atoms with van der Waals surface area (Å²) in [6.45, 7) is 2.61. The summed E-state index contributed by atoms with van der Waals surface area (Å²) in [6.07, 6.45) is 2.61. The molecule has 2 amide bonds. The normalized spacial score (nSPS) is 21.6. The van der Waals surface area contributed by atoms with Gasteiger partial charge in [0.2, 0.25) is 11.8 Å². The second kappa shape index (κ2) is 9.48. The van der Waals surface area contributed by atoms with Crippen molar-refractivity contribution in [3.8, 4) is 0 Å². The average Bonchev–Trinajstić information content (AvgIpc) is 2.63. The fourth-order valence-corrected chi connectivity index (χ4v) is 3.16. The van der Waals surface area contributed by atoms with E-state index in [-0.39, 0.29) is 24.7 Å². The van der Waals surface area contributed by atoms with Gasteiger partial charge in [0.25, 0.3) is 0 Å². The summed E-state index contributed by atoms with van der Waals surface area (Å²) < 4.78 is 13.1. The Kier molecular flexibility index (Phi) is 7.32. The van der Waals surface area contributed by atoms with Crippen LogP contribution in [0.25, 0.3) is 0 Å². The third-order valence-electron chi connectivity index (χ3n) is 4.33. The maximum Gasteiger partial charge on any atom is 0.246 e. The van der Waals surface area contributed by atoms with Gasteiger partial charge in [-0.15, -0.1) is 11.6 Å². The molecule has 1 unspecified atom stereocenters. The van der Waals surface area contributed by atoms with Crippen molar-refractivity contribution in [2.45, 2.75) is 31.4 Å². The number of benzene rings is 1. The van der Waals surface area contributed by atoms with Crippen molar-refractivity contribution in [1.29, 1.82) is 0 Å². The molecule has 0 saturated carbocycles. The van der Waals surface area contributed by atoms with Crippen LogP contribution in [0.4, 0.5) is 4.39 Å². The summed E-state index contributed by atoms with van der Waals surface area (Å²) in [7, 11) is 0. The zero-order valence-electron chi connectivity index (χ0n) is 14.9. The van der Waals surface area contributed by atoms with Crippen LogP contribution in [-0.2, 0) is 16.1 Å². The van der Waals surface area contributed by atoms with Crippen molar-refractivity contribution in [3.63, 3.8) is 0 Å². The van der Waals surface area contributed by atoms with Crippen LogP contribution in [0.1, 0.15) is 18.9 Å². The number of rotatable bonds is 6. The Hall–Kier alpha value is -2.45. The molecule has 1 aromatic rings. The highest BCUT2D eigenvalue weighted by atomic mass is 35.5. The molecule has 9 heteroatoms. The number of nitrogens with two attached hydrogens (primary N) is 1. The number of primary amides is 1. The van der Waals surface area contributed by atoms with Gasteiger partial charge in [0.1, 0.15) is 11.3 Å². The lowest BCUT2D eigenvalue weighted by atomic mass is 10.1. The molecule has 0 spiro atoms. The Morgan fingerprint density at radius 3 is 2.63 bits per heavy atom. The minimum Gasteiger partial charge on any atom is -0.411 e. The number of alkyl halides is 1. The molecule has 0 aromatic heterocycles. The maximum absolute atomic E-state index is 13.1. The summed E-state index contributed by atoms with van der Waals surface area (Å²) in [4.78, 5) is 26.7. The van der Waals surface area contributed by atoms with Crippen molar-refractivity contribution in [1.82, 2.24) is 9.80 Å². The fourth-order valence-electron chi connectivity index (χ4n) is 2.87. The smallest absolute Gasteiger partial charge is 0.246 e. The van der Waals surface area contributed by atoms with E-state index in [4.69, 9.17) is 17.3 Å². The summed E-state index contributed by atoms with van der Waals surface area (Å²) in [5.41, 5.74) is 5.81. The van der Waals surface area contributed by atoms with Gasteiger partial charge in [0.15, 0.2) is 0 Å². The largest absolute Gasteiger partial charge is 0.411 e. The van der Waals surface area contributed by atoms with Crippen molar-refractivity contribution in [3.05, 3.63) is 47.8 Å². The van der Waals surface area contributed by atoms with E-state index in [1.807, 2.05) is 4.90 Å². The summed E-state index contributed by atoms with van der Waals surface area (Å²) in [5, 5.41) is 12.4. The molecule has 1 aromatic carbocycles. The van der Waals surface area contributed by atoms with Crippen LogP contribution in [-0.4, -0.2) is 57.2 Å². The predicted molar refractivity (Wildman–Crippen MR) is 99.8 cm³/mol. The molecular weight excluding hydrogens is 375 g/mol. The highest BCUT2D eigenvalue weighted by Crippen LogP contribution is 2.22. The first-order valence-corrected chi connectivity index (χ1v) is 8.82. The highest BCUT2D eigenvalue weighted by molar-refractivity contribution is 6.20. The van der Waals surface area contributed by atoms with E-state index in [9.17, 15) is 19.2 Å². The van der Waals surface area contributed by atoms with Crippen molar-refractivity contribution in [2.24, 2.45) is 10.9 Å². The van der Waals surface area contributed by atoms with Gasteiger partial charge in [-0.1, -0.05) is 23.4 Å². The highest BCUT2D eigenvalue weighted by Gasteiger charge is 2.36. The zero-order valence-corrected chi connectivity index (χ0v) is 15.6. The molecule has 2 atom stereocenters. The van der Waals surface area contributed by atoms with Gasteiger partial charge in [-0.25, -0.2) is 4.39 Å². The maximum atomic E-state index is 13.1. The van der Waals surface area contributed by atoms with Crippen LogP contribution in [0, 0.1) is 5.82 Å². The van der Waals surface area contributed by atoms with Crippen LogP contribution < -0.4 is 5.73 Å². The second-order valence-electron chi connectivity index (χ2n) is 6.31. The first-order valence-electron chi connectivity index (χ1n) is 8.38. The Balaban J connectivity index is 2.14. The van der Waals surface area contributed by atoms with Crippen molar-refractivity contribution < 1.29 is 19.2 Å². The van der Waals surface area contributed by atoms with Gasteiger partial charge in [-0.2, -0.15) is 0 Å². The number of halogens is 2. The van der Waals surface area contributed by atoms with Crippen LogP contribution in [0.2, 0.25) is 0 Å². The standard InChI is InChI=1S/C18H22ClFN4O3/c1-12(22-27)15-10-23(9-13-5-7-14(20)8-6-13)16(19)11-24(15)18(26)4-2-3-17(21)25/h2,4-8,15-16,27H,3,9-11H2,1H3,(H2,21,25)/b4-2+,22-12?/t15-,16?/m0/s1. The number of piperazine rings is 1. The van der Waals surface area contributed by atoms with Crippen LogP contribution in [0.3, 0.4) is 0 Å². The van der Waals surface area contributed by atoms with E-state index in [0.29, 0.717) is 18.8 Å². The van der Waals surface area contributed by atoms with E-state index in [1.54, 1.807) is 19.1 Å². The SMILES string of the molecule is CC(=NO)[C@@H]1CN(Cc2ccc(F)cc2)C(Cl)CN1C(=O)/C=C/CC(N)=O. The van der Waals surface area contributed by atoms with Crippen LogP contribution in [0.15, 0.2) is 41.6 Å². The number of carbonyl (C=O) groups excluding carboxylic acids is 2. The number of hydrogen-bond donors (Lipinski definition) is 2. The molecule has 0 bridgehead atoms. The summed E-state index contributed by atoms with van der Waals surface area (Å²) in [6, 6.07) is 5.60. The lowest BCUT2D eigenvalue weighted by Gasteiger charge is -2.43. The fraction of sp³-hybridized carbons (Fsp3) is 0.389. The number of carbonyl (C=O) groups is 2. The second-order valence-corrected chi connectivity index (χ2v) is 6.81. The Morgan fingerprint density at radius 1 is 1.37 bits per heavy atom. The lowest BCUT2D eigenvalue weighted by molar-refractivity contribution is -0.129. The molecule has 3 N–H and O–H groups in total. The minimum atomic E-state index is -0.539. The van der Waals surface area contributed by atoms with Crippen molar-refractivity contribution >= 4 is 29.1 Å². The molecule has 0 aliphatic carbocycles. The number of nitrogens with zero attached hydrogens (tertiary/aromatic N) is 3.